The van der Waals surface area contributed by atoms with Crippen LogP contribution in [-0.2, 0) is 19.1 Å². The quantitative estimate of drug-likeness (QED) is 0.498. The van der Waals surface area contributed by atoms with E-state index in [2.05, 4.69) is 10.1 Å². The summed E-state index contributed by atoms with van der Waals surface area (Å²) in [4.78, 5) is 21.8. The lowest BCUT2D eigenvalue weighted by Gasteiger charge is -2.22. The van der Waals surface area contributed by atoms with Crippen LogP contribution in [0.4, 0.5) is 0 Å². The van der Waals surface area contributed by atoms with Crippen LogP contribution in [0.15, 0.2) is 0 Å². The first kappa shape index (κ1) is 11.0. The number of nitrogens with one attached hydrogen (secondary N) is 1. The van der Waals surface area contributed by atoms with E-state index in [9.17, 15) is 9.59 Å². The highest BCUT2D eigenvalue weighted by Crippen LogP contribution is 2.23. The number of amides is 1. The second-order valence-corrected chi connectivity index (χ2v) is 3.58. The number of carbonyl (C=O) groups excluding carboxylic acids is 2. The summed E-state index contributed by atoms with van der Waals surface area (Å²) in [5.74, 6) is -1.59. The molecule has 0 radical (unpaired) electrons. The van der Waals surface area contributed by atoms with Crippen LogP contribution in [-0.4, -0.2) is 37.7 Å². The molecule has 14 heavy (non-hydrogen) atoms. The Morgan fingerprint density at radius 2 is 2.29 bits per heavy atom. The van der Waals surface area contributed by atoms with Crippen molar-refractivity contribution in [1.29, 1.82) is 0 Å². The van der Waals surface area contributed by atoms with E-state index in [1.807, 2.05) is 6.92 Å². The Morgan fingerprint density at radius 3 is 2.79 bits per heavy atom. The maximum Gasteiger partial charge on any atom is 0.396 e. The summed E-state index contributed by atoms with van der Waals surface area (Å²) in [6.45, 7) is 2.98. The van der Waals surface area contributed by atoms with Crippen molar-refractivity contribution in [2.24, 2.45) is 0 Å². The fourth-order valence-corrected chi connectivity index (χ4v) is 1.41. The van der Waals surface area contributed by atoms with Crippen molar-refractivity contribution in [1.82, 2.24) is 5.32 Å². The van der Waals surface area contributed by atoms with Gasteiger partial charge in [-0.1, -0.05) is 0 Å². The van der Waals surface area contributed by atoms with Crippen molar-refractivity contribution >= 4 is 11.9 Å². The predicted molar refractivity (Wildman–Crippen MR) is 48.6 cm³/mol. The lowest BCUT2D eigenvalue weighted by Crippen LogP contribution is -2.43. The molecule has 0 bridgehead atoms. The van der Waals surface area contributed by atoms with Crippen LogP contribution < -0.4 is 5.32 Å². The highest BCUT2D eigenvalue weighted by atomic mass is 16.5. The van der Waals surface area contributed by atoms with Crippen LogP contribution in [0.2, 0.25) is 0 Å². The van der Waals surface area contributed by atoms with Crippen molar-refractivity contribution in [3.63, 3.8) is 0 Å². The van der Waals surface area contributed by atoms with Crippen LogP contribution in [0.3, 0.4) is 0 Å². The minimum atomic E-state index is -0.869. The van der Waals surface area contributed by atoms with Crippen molar-refractivity contribution < 1.29 is 19.1 Å². The monoisotopic (exact) mass is 201 g/mol. The third kappa shape index (κ3) is 2.70. The molecule has 1 rings (SSSR count). The predicted octanol–water partition coefficient (Wildman–Crippen LogP) is -0.155. The summed E-state index contributed by atoms with van der Waals surface area (Å²) in [7, 11) is 1.18. The van der Waals surface area contributed by atoms with Gasteiger partial charge in [-0.25, -0.2) is 4.79 Å². The van der Waals surface area contributed by atoms with Gasteiger partial charge < -0.3 is 14.8 Å². The van der Waals surface area contributed by atoms with Crippen LogP contribution in [0.1, 0.15) is 19.8 Å². The molecule has 5 nitrogen and oxygen atoms in total. The molecule has 1 unspecified atom stereocenters. The number of hydrogen-bond donors (Lipinski definition) is 1. The first-order chi connectivity index (χ1) is 6.57. The van der Waals surface area contributed by atoms with Crippen molar-refractivity contribution in [3.05, 3.63) is 0 Å². The minimum absolute atomic E-state index is 0.330. The number of hydrogen-bond acceptors (Lipinski definition) is 4. The van der Waals surface area contributed by atoms with E-state index in [1.165, 1.54) is 7.11 Å². The molecular weight excluding hydrogens is 186 g/mol. The molecule has 1 saturated heterocycles. The van der Waals surface area contributed by atoms with Gasteiger partial charge in [0.1, 0.15) is 0 Å². The van der Waals surface area contributed by atoms with E-state index in [0.29, 0.717) is 13.2 Å². The molecule has 1 N–H and O–H groups in total. The fourth-order valence-electron chi connectivity index (χ4n) is 1.41. The van der Waals surface area contributed by atoms with Gasteiger partial charge in [0.05, 0.1) is 12.7 Å². The van der Waals surface area contributed by atoms with Gasteiger partial charge in [-0.2, -0.15) is 0 Å². The van der Waals surface area contributed by atoms with Gasteiger partial charge in [0.15, 0.2) is 0 Å². The SMILES string of the molecule is COC(=O)C(=O)NCC1(C)CCCO1. The highest BCUT2D eigenvalue weighted by Gasteiger charge is 2.30. The van der Waals surface area contributed by atoms with Gasteiger partial charge in [0, 0.05) is 13.2 Å². The Kier molecular flexibility index (Phi) is 3.46. The molecule has 0 aromatic carbocycles. The van der Waals surface area contributed by atoms with E-state index >= 15 is 0 Å². The molecule has 0 spiro atoms. The summed E-state index contributed by atoms with van der Waals surface area (Å²) in [5.41, 5.74) is -0.330. The van der Waals surface area contributed by atoms with Gasteiger partial charge in [0.2, 0.25) is 0 Å². The Hall–Kier alpha value is -1.10. The van der Waals surface area contributed by atoms with E-state index in [-0.39, 0.29) is 5.60 Å². The molecule has 0 aromatic heterocycles. The molecule has 0 aliphatic carbocycles. The fraction of sp³-hybridized carbons (Fsp3) is 0.778. The van der Waals surface area contributed by atoms with E-state index in [0.717, 1.165) is 12.8 Å². The lowest BCUT2D eigenvalue weighted by molar-refractivity contribution is -0.153. The van der Waals surface area contributed by atoms with E-state index in [4.69, 9.17) is 4.74 Å². The van der Waals surface area contributed by atoms with E-state index in [1.54, 1.807) is 0 Å². The third-order valence-corrected chi connectivity index (χ3v) is 2.29. The minimum Gasteiger partial charge on any atom is -0.462 e. The molecule has 1 amide bonds. The second-order valence-electron chi connectivity index (χ2n) is 3.58. The average Bonchev–Trinajstić information content (AvgIpc) is 2.61. The van der Waals surface area contributed by atoms with Crippen LogP contribution in [0.5, 0.6) is 0 Å². The summed E-state index contributed by atoms with van der Waals surface area (Å²) in [5, 5.41) is 2.48. The van der Waals surface area contributed by atoms with Gasteiger partial charge >= 0.3 is 11.9 Å². The normalized spacial score (nSPS) is 25.9. The first-order valence-electron chi connectivity index (χ1n) is 4.57. The molecule has 1 aliphatic heterocycles. The molecule has 1 atom stereocenters. The number of esters is 1. The van der Waals surface area contributed by atoms with Crippen molar-refractivity contribution in [2.45, 2.75) is 25.4 Å². The van der Waals surface area contributed by atoms with Crippen LogP contribution in [0, 0.1) is 0 Å². The maximum absolute atomic E-state index is 11.0. The van der Waals surface area contributed by atoms with Crippen molar-refractivity contribution in [2.75, 3.05) is 20.3 Å². The van der Waals surface area contributed by atoms with Crippen LogP contribution in [0.25, 0.3) is 0 Å². The molecule has 80 valence electrons. The summed E-state index contributed by atoms with van der Waals surface area (Å²) in [6.07, 6.45) is 1.89. The number of carbonyl (C=O) groups is 2. The molecule has 1 heterocycles. The Bertz CT molecular complexity index is 233. The lowest BCUT2D eigenvalue weighted by atomic mass is 10.0. The molecule has 0 saturated carbocycles. The molecular formula is C9H15NO4. The topological polar surface area (TPSA) is 64.6 Å². The Balaban J connectivity index is 2.32. The summed E-state index contributed by atoms with van der Waals surface area (Å²) < 4.78 is 9.71. The smallest absolute Gasteiger partial charge is 0.396 e. The van der Waals surface area contributed by atoms with Gasteiger partial charge in [0.25, 0.3) is 0 Å². The number of rotatable bonds is 2. The molecule has 5 heteroatoms. The Morgan fingerprint density at radius 1 is 1.57 bits per heavy atom. The standard InChI is InChI=1S/C9H15NO4/c1-9(4-3-5-14-9)6-10-7(11)8(12)13-2/h3-6H2,1-2H3,(H,10,11). The third-order valence-electron chi connectivity index (χ3n) is 2.29. The van der Waals surface area contributed by atoms with Gasteiger partial charge in [-0.3, -0.25) is 4.79 Å². The average molecular weight is 201 g/mol. The van der Waals surface area contributed by atoms with Crippen molar-refractivity contribution in [3.8, 4) is 0 Å². The highest BCUT2D eigenvalue weighted by molar-refractivity contribution is 6.32. The zero-order valence-corrected chi connectivity index (χ0v) is 8.46. The molecule has 0 aromatic rings. The number of methoxy groups -OCH3 is 1. The number of ether oxygens (including phenoxy) is 2. The summed E-state index contributed by atoms with van der Waals surface area (Å²) in [6, 6.07) is 0. The summed E-state index contributed by atoms with van der Waals surface area (Å²) >= 11 is 0. The zero-order valence-electron chi connectivity index (χ0n) is 8.46. The van der Waals surface area contributed by atoms with Gasteiger partial charge in [-0.15, -0.1) is 0 Å². The van der Waals surface area contributed by atoms with E-state index < -0.39 is 11.9 Å². The van der Waals surface area contributed by atoms with Gasteiger partial charge in [-0.05, 0) is 19.8 Å². The maximum atomic E-state index is 11.0. The molecule has 1 fully saturated rings. The zero-order chi connectivity index (χ0) is 10.6. The Labute approximate surface area is 82.8 Å². The van der Waals surface area contributed by atoms with Crippen LogP contribution >= 0.6 is 0 Å². The first-order valence-corrected chi connectivity index (χ1v) is 4.57. The largest absolute Gasteiger partial charge is 0.462 e. The molecule has 1 aliphatic rings. The second kappa shape index (κ2) is 4.41.